The molecule has 0 saturated carbocycles. The van der Waals surface area contributed by atoms with Crippen LogP contribution < -0.4 is 10.1 Å². The monoisotopic (exact) mass is 351 g/mol. The number of aromatic nitrogens is 2. The van der Waals surface area contributed by atoms with E-state index >= 15 is 0 Å². The van der Waals surface area contributed by atoms with Crippen molar-refractivity contribution < 1.29 is 9.26 Å². The third kappa shape index (κ3) is 5.17. The number of rotatable bonds is 8. The van der Waals surface area contributed by atoms with Gasteiger partial charge in [0.05, 0.1) is 12.1 Å². The van der Waals surface area contributed by atoms with Crippen LogP contribution in [0, 0.1) is 0 Å². The lowest BCUT2D eigenvalue weighted by Crippen LogP contribution is -2.18. The van der Waals surface area contributed by atoms with Crippen LogP contribution in [0.15, 0.2) is 59.1 Å². The van der Waals surface area contributed by atoms with Crippen molar-refractivity contribution in [1.29, 1.82) is 0 Å². The van der Waals surface area contributed by atoms with Crippen LogP contribution in [-0.2, 0) is 13.0 Å². The van der Waals surface area contributed by atoms with Gasteiger partial charge in [-0.15, -0.1) is 0 Å². The van der Waals surface area contributed by atoms with E-state index in [-0.39, 0.29) is 12.1 Å². The Labute approximate surface area is 154 Å². The Hall–Kier alpha value is -2.66. The molecule has 0 amide bonds. The molecule has 136 valence electrons. The summed E-state index contributed by atoms with van der Waals surface area (Å²) in [5, 5.41) is 7.50. The summed E-state index contributed by atoms with van der Waals surface area (Å²) in [6.45, 7) is 6.79. The van der Waals surface area contributed by atoms with E-state index in [1.54, 1.807) is 0 Å². The minimum absolute atomic E-state index is 0.0152. The highest BCUT2D eigenvalue weighted by atomic mass is 16.5. The number of benzene rings is 2. The van der Waals surface area contributed by atoms with Gasteiger partial charge in [0.15, 0.2) is 5.82 Å². The molecule has 5 nitrogen and oxygen atoms in total. The van der Waals surface area contributed by atoms with Gasteiger partial charge in [-0.3, -0.25) is 0 Å². The van der Waals surface area contributed by atoms with E-state index in [4.69, 9.17) is 9.26 Å². The second-order valence-corrected chi connectivity index (χ2v) is 6.62. The maximum atomic E-state index is 5.66. The van der Waals surface area contributed by atoms with Crippen molar-refractivity contribution in [3.05, 3.63) is 77.4 Å². The van der Waals surface area contributed by atoms with Crippen molar-refractivity contribution in [3.63, 3.8) is 0 Å². The molecule has 1 aromatic heterocycles. The lowest BCUT2D eigenvalue weighted by atomic mass is 10.1. The molecule has 0 fully saturated rings. The molecule has 1 atom stereocenters. The van der Waals surface area contributed by atoms with Gasteiger partial charge in [-0.2, -0.15) is 4.98 Å². The molecule has 0 saturated heterocycles. The van der Waals surface area contributed by atoms with Crippen LogP contribution >= 0.6 is 0 Å². The molecule has 0 bridgehead atoms. The average Bonchev–Trinajstić information content (AvgIpc) is 3.10. The SMILES string of the molecule is CC(C)Oc1ccc(CNC(C)c2nc(Cc3ccccc3)no2)cc1. The van der Waals surface area contributed by atoms with Crippen LogP contribution in [-0.4, -0.2) is 16.2 Å². The summed E-state index contributed by atoms with van der Waals surface area (Å²) in [5.41, 5.74) is 2.35. The van der Waals surface area contributed by atoms with Gasteiger partial charge in [0.1, 0.15) is 5.75 Å². The predicted molar refractivity (Wildman–Crippen MR) is 101 cm³/mol. The highest BCUT2D eigenvalue weighted by Gasteiger charge is 2.14. The molecule has 1 N–H and O–H groups in total. The van der Waals surface area contributed by atoms with Crippen LogP contribution in [0.1, 0.15) is 49.7 Å². The summed E-state index contributed by atoms with van der Waals surface area (Å²) in [6.07, 6.45) is 0.857. The molecule has 5 heteroatoms. The standard InChI is InChI=1S/C21H25N3O2/c1-15(2)25-19-11-9-18(10-12-19)14-22-16(3)21-23-20(24-26-21)13-17-7-5-4-6-8-17/h4-12,15-16,22H,13-14H2,1-3H3. The van der Waals surface area contributed by atoms with Crippen molar-refractivity contribution in [2.45, 2.75) is 45.9 Å². The maximum absolute atomic E-state index is 5.66. The fourth-order valence-corrected chi connectivity index (χ4v) is 2.61. The van der Waals surface area contributed by atoms with E-state index in [1.807, 2.05) is 51.1 Å². The Morgan fingerprint density at radius 3 is 2.38 bits per heavy atom. The molecule has 0 aliphatic carbocycles. The van der Waals surface area contributed by atoms with Gasteiger partial charge in [0, 0.05) is 13.0 Å². The summed E-state index contributed by atoms with van der Waals surface area (Å²) < 4.78 is 11.1. The molecular formula is C21H25N3O2. The molecule has 3 rings (SSSR count). The van der Waals surface area contributed by atoms with E-state index in [9.17, 15) is 0 Å². The van der Waals surface area contributed by atoms with E-state index in [0.29, 0.717) is 18.1 Å². The van der Waals surface area contributed by atoms with Gasteiger partial charge in [-0.25, -0.2) is 0 Å². The zero-order valence-electron chi connectivity index (χ0n) is 15.5. The number of hydrogen-bond acceptors (Lipinski definition) is 5. The Bertz CT molecular complexity index is 798. The largest absolute Gasteiger partial charge is 0.491 e. The third-order valence-electron chi connectivity index (χ3n) is 3.97. The van der Waals surface area contributed by atoms with Crippen molar-refractivity contribution in [2.24, 2.45) is 0 Å². The van der Waals surface area contributed by atoms with E-state index in [2.05, 4.69) is 39.7 Å². The summed E-state index contributed by atoms with van der Waals surface area (Å²) in [6, 6.07) is 18.2. The number of nitrogens with zero attached hydrogens (tertiary/aromatic N) is 2. The van der Waals surface area contributed by atoms with Gasteiger partial charge in [0.2, 0.25) is 5.89 Å². The number of hydrogen-bond donors (Lipinski definition) is 1. The molecule has 1 heterocycles. The topological polar surface area (TPSA) is 60.2 Å². The van der Waals surface area contributed by atoms with Crippen molar-refractivity contribution in [3.8, 4) is 5.75 Å². The van der Waals surface area contributed by atoms with Gasteiger partial charge in [0.25, 0.3) is 0 Å². The quantitative estimate of drug-likeness (QED) is 0.656. The van der Waals surface area contributed by atoms with E-state index < -0.39 is 0 Å². The number of nitrogens with one attached hydrogen (secondary N) is 1. The highest BCUT2D eigenvalue weighted by Crippen LogP contribution is 2.16. The summed E-state index contributed by atoms with van der Waals surface area (Å²) in [4.78, 5) is 4.50. The second kappa shape index (κ2) is 8.63. The number of ether oxygens (including phenoxy) is 1. The molecule has 0 aliphatic heterocycles. The van der Waals surface area contributed by atoms with Gasteiger partial charge < -0.3 is 14.6 Å². The Kier molecular flexibility index (Phi) is 6.02. The van der Waals surface area contributed by atoms with Crippen LogP contribution in [0.25, 0.3) is 0 Å². The highest BCUT2D eigenvalue weighted by molar-refractivity contribution is 5.27. The second-order valence-electron chi connectivity index (χ2n) is 6.62. The molecule has 0 radical (unpaired) electrons. The Morgan fingerprint density at radius 1 is 0.962 bits per heavy atom. The molecule has 3 aromatic rings. The first-order chi connectivity index (χ1) is 12.6. The molecule has 26 heavy (non-hydrogen) atoms. The average molecular weight is 351 g/mol. The summed E-state index contributed by atoms with van der Waals surface area (Å²) in [5.74, 6) is 2.20. The molecular weight excluding hydrogens is 326 g/mol. The van der Waals surface area contributed by atoms with Crippen LogP contribution in [0.3, 0.4) is 0 Å². The normalized spacial score (nSPS) is 12.3. The van der Waals surface area contributed by atoms with E-state index in [0.717, 1.165) is 12.3 Å². The maximum Gasteiger partial charge on any atom is 0.243 e. The first-order valence-electron chi connectivity index (χ1n) is 8.95. The first kappa shape index (κ1) is 18.1. The van der Waals surface area contributed by atoms with Gasteiger partial charge in [-0.05, 0) is 44.0 Å². The van der Waals surface area contributed by atoms with Crippen LogP contribution in [0.4, 0.5) is 0 Å². The fraction of sp³-hybridized carbons (Fsp3) is 0.333. The first-order valence-corrected chi connectivity index (χ1v) is 8.95. The minimum Gasteiger partial charge on any atom is -0.491 e. The Morgan fingerprint density at radius 2 is 1.69 bits per heavy atom. The summed E-state index contributed by atoms with van der Waals surface area (Å²) in [7, 11) is 0. The van der Waals surface area contributed by atoms with E-state index in [1.165, 1.54) is 11.1 Å². The zero-order chi connectivity index (χ0) is 18.4. The predicted octanol–water partition coefficient (Wildman–Crippen LogP) is 4.30. The lowest BCUT2D eigenvalue weighted by Gasteiger charge is -2.12. The third-order valence-corrected chi connectivity index (χ3v) is 3.97. The van der Waals surface area contributed by atoms with Crippen molar-refractivity contribution in [2.75, 3.05) is 0 Å². The molecule has 0 aliphatic rings. The summed E-state index contributed by atoms with van der Waals surface area (Å²) >= 11 is 0. The van der Waals surface area contributed by atoms with Crippen molar-refractivity contribution >= 4 is 0 Å². The minimum atomic E-state index is -0.0152. The van der Waals surface area contributed by atoms with Crippen LogP contribution in [0.2, 0.25) is 0 Å². The smallest absolute Gasteiger partial charge is 0.243 e. The zero-order valence-corrected chi connectivity index (χ0v) is 15.5. The van der Waals surface area contributed by atoms with Gasteiger partial charge in [-0.1, -0.05) is 47.6 Å². The fourth-order valence-electron chi connectivity index (χ4n) is 2.61. The van der Waals surface area contributed by atoms with Gasteiger partial charge >= 0.3 is 0 Å². The van der Waals surface area contributed by atoms with Crippen molar-refractivity contribution in [1.82, 2.24) is 15.5 Å². The molecule has 0 spiro atoms. The van der Waals surface area contributed by atoms with Crippen LogP contribution in [0.5, 0.6) is 5.75 Å². The molecule has 2 aromatic carbocycles. The molecule has 1 unspecified atom stereocenters. The Balaban J connectivity index is 1.53. The lowest BCUT2D eigenvalue weighted by molar-refractivity contribution is 0.242.